The summed E-state index contributed by atoms with van der Waals surface area (Å²) < 4.78 is 39.2. The van der Waals surface area contributed by atoms with Gasteiger partial charge in [0.1, 0.15) is 11.5 Å². The van der Waals surface area contributed by atoms with Gasteiger partial charge in [-0.1, -0.05) is 19.9 Å². The summed E-state index contributed by atoms with van der Waals surface area (Å²) in [5.41, 5.74) is 4.63. The van der Waals surface area contributed by atoms with Crippen LogP contribution >= 0.6 is 0 Å². The first kappa shape index (κ1) is 21.9. The predicted molar refractivity (Wildman–Crippen MR) is 106 cm³/mol. The third kappa shape index (κ3) is 4.22. The van der Waals surface area contributed by atoms with Crippen molar-refractivity contribution in [2.75, 3.05) is 25.0 Å². The fourth-order valence-corrected chi connectivity index (χ4v) is 5.18. The lowest BCUT2D eigenvalue weighted by atomic mass is 9.83. The van der Waals surface area contributed by atoms with E-state index in [-0.39, 0.29) is 23.4 Å². The Kier molecular flexibility index (Phi) is 5.87. The molecule has 1 aromatic rings. The minimum Gasteiger partial charge on any atom is -0.368 e. The fourth-order valence-electron chi connectivity index (χ4n) is 5.18. The molecule has 2 aliphatic rings. The molecule has 8 heteroatoms. The summed E-state index contributed by atoms with van der Waals surface area (Å²) in [7, 11) is 1.96. The Hall–Kier alpha value is -1.83. The number of carbonyl (C=O) groups excluding carboxylic acids is 1. The van der Waals surface area contributed by atoms with Gasteiger partial charge in [0, 0.05) is 18.6 Å². The molecule has 5 nitrogen and oxygen atoms in total. The maximum Gasteiger partial charge on any atom is 0.433 e. The molecule has 1 saturated carbocycles. The summed E-state index contributed by atoms with van der Waals surface area (Å²) >= 11 is 0. The molecule has 2 N–H and O–H groups in total. The van der Waals surface area contributed by atoms with Crippen LogP contribution in [0.1, 0.15) is 45.7 Å². The fraction of sp³-hybridized carbons (Fsp3) is 0.714. The number of likely N-dealkylation sites (N-methyl/N-ethyl adjacent to an activating group) is 1. The van der Waals surface area contributed by atoms with Crippen molar-refractivity contribution in [3.8, 4) is 0 Å². The highest BCUT2D eigenvalue weighted by Crippen LogP contribution is 2.49. The van der Waals surface area contributed by atoms with Crippen LogP contribution in [-0.2, 0) is 11.0 Å². The van der Waals surface area contributed by atoms with Crippen LogP contribution in [0.5, 0.6) is 0 Å². The van der Waals surface area contributed by atoms with E-state index in [1.54, 1.807) is 6.07 Å². The van der Waals surface area contributed by atoms with Crippen molar-refractivity contribution in [3.05, 3.63) is 23.9 Å². The minimum absolute atomic E-state index is 0.227. The Morgan fingerprint density at radius 2 is 2.07 bits per heavy atom. The van der Waals surface area contributed by atoms with Gasteiger partial charge in [-0.2, -0.15) is 13.2 Å². The standard InChI is InChI=1S/C21H31F3N4O/c1-13(2)10-16(19(25)29)27(4)20(3)9-8-14-11-28(12-15(14)20)18-7-5-6-17(26-18)21(22,23)24/h5-7,13-16H,8-12H2,1-4H3,(H2,25,29)/t14-,15+,16+,20+/m1/s1. The molecule has 4 atom stereocenters. The maximum atomic E-state index is 13.1. The lowest BCUT2D eigenvalue weighted by Gasteiger charge is -2.44. The number of nitrogens with zero attached hydrogens (tertiary/aromatic N) is 3. The second kappa shape index (κ2) is 7.78. The molecular formula is C21H31F3N4O. The van der Waals surface area contributed by atoms with Gasteiger partial charge in [0.25, 0.3) is 0 Å². The van der Waals surface area contributed by atoms with Gasteiger partial charge in [-0.05, 0) is 63.1 Å². The van der Waals surface area contributed by atoms with Crippen molar-refractivity contribution in [1.82, 2.24) is 9.88 Å². The first-order valence-electron chi connectivity index (χ1n) is 10.2. The SMILES string of the molecule is CC(C)C[C@@H](C(N)=O)N(C)[C@@]1(C)CC[C@@H]2CN(c3cccc(C(F)(F)F)n3)C[C@@H]21. The van der Waals surface area contributed by atoms with E-state index in [0.717, 1.165) is 18.9 Å². The highest BCUT2D eigenvalue weighted by molar-refractivity contribution is 5.80. The van der Waals surface area contributed by atoms with E-state index < -0.39 is 11.9 Å². The molecule has 1 saturated heterocycles. The summed E-state index contributed by atoms with van der Waals surface area (Å²) in [6.07, 6.45) is -1.83. The van der Waals surface area contributed by atoms with Crippen molar-refractivity contribution in [1.29, 1.82) is 0 Å². The number of aromatic nitrogens is 1. The lowest BCUT2D eigenvalue weighted by Crippen LogP contribution is -2.57. The molecule has 0 unspecified atom stereocenters. The molecule has 1 amide bonds. The van der Waals surface area contributed by atoms with E-state index in [2.05, 4.69) is 30.7 Å². The van der Waals surface area contributed by atoms with E-state index in [4.69, 9.17) is 5.73 Å². The molecule has 2 heterocycles. The monoisotopic (exact) mass is 412 g/mol. The largest absolute Gasteiger partial charge is 0.433 e. The van der Waals surface area contributed by atoms with Crippen LogP contribution in [0.3, 0.4) is 0 Å². The summed E-state index contributed by atoms with van der Waals surface area (Å²) in [5, 5.41) is 0. The first-order chi connectivity index (χ1) is 13.4. The Balaban J connectivity index is 1.81. The molecule has 0 radical (unpaired) electrons. The van der Waals surface area contributed by atoms with Gasteiger partial charge in [0.05, 0.1) is 6.04 Å². The van der Waals surface area contributed by atoms with Crippen LogP contribution in [0, 0.1) is 17.8 Å². The Morgan fingerprint density at radius 1 is 1.38 bits per heavy atom. The molecule has 3 rings (SSSR count). The van der Waals surface area contributed by atoms with Crippen LogP contribution in [0.4, 0.5) is 19.0 Å². The van der Waals surface area contributed by atoms with E-state index in [9.17, 15) is 18.0 Å². The number of anilines is 1. The quantitative estimate of drug-likeness (QED) is 0.776. The number of hydrogen-bond acceptors (Lipinski definition) is 4. The molecular weight excluding hydrogens is 381 g/mol. The van der Waals surface area contributed by atoms with E-state index in [1.165, 1.54) is 6.07 Å². The van der Waals surface area contributed by atoms with Gasteiger partial charge in [0.2, 0.25) is 5.91 Å². The molecule has 1 aliphatic heterocycles. The smallest absolute Gasteiger partial charge is 0.368 e. The third-order valence-corrected chi connectivity index (χ3v) is 6.91. The van der Waals surface area contributed by atoms with Gasteiger partial charge in [0.15, 0.2) is 0 Å². The number of alkyl halides is 3. The number of fused-ring (bicyclic) bond motifs is 1. The number of pyridine rings is 1. The van der Waals surface area contributed by atoms with Gasteiger partial charge in [-0.25, -0.2) is 4.98 Å². The normalized spacial score (nSPS) is 28.2. The highest BCUT2D eigenvalue weighted by Gasteiger charge is 2.53. The number of carbonyl (C=O) groups is 1. The summed E-state index contributed by atoms with van der Waals surface area (Å²) in [6, 6.07) is 3.71. The summed E-state index contributed by atoms with van der Waals surface area (Å²) in [4.78, 5) is 20.1. The predicted octanol–water partition coefficient (Wildman–Crippen LogP) is 3.54. The zero-order valence-electron chi connectivity index (χ0n) is 17.5. The Bertz CT molecular complexity index is 754. The Morgan fingerprint density at radius 3 is 2.66 bits per heavy atom. The number of rotatable bonds is 6. The maximum absolute atomic E-state index is 13.1. The van der Waals surface area contributed by atoms with Gasteiger partial charge in [-0.3, -0.25) is 9.69 Å². The second-order valence-corrected chi connectivity index (χ2v) is 9.20. The van der Waals surface area contributed by atoms with Crippen LogP contribution in [0.15, 0.2) is 18.2 Å². The van der Waals surface area contributed by atoms with Crippen LogP contribution in [-0.4, -0.2) is 47.5 Å². The highest BCUT2D eigenvalue weighted by atomic mass is 19.4. The Labute approximate surface area is 170 Å². The molecule has 0 bridgehead atoms. The van der Waals surface area contributed by atoms with Crippen LogP contribution in [0.25, 0.3) is 0 Å². The van der Waals surface area contributed by atoms with Crippen molar-refractivity contribution in [2.45, 2.75) is 57.8 Å². The minimum atomic E-state index is -4.45. The van der Waals surface area contributed by atoms with Crippen molar-refractivity contribution in [2.24, 2.45) is 23.5 Å². The van der Waals surface area contributed by atoms with E-state index in [0.29, 0.717) is 37.2 Å². The molecule has 162 valence electrons. The first-order valence-corrected chi connectivity index (χ1v) is 10.2. The van der Waals surface area contributed by atoms with Crippen LogP contribution in [0.2, 0.25) is 0 Å². The van der Waals surface area contributed by atoms with Gasteiger partial charge < -0.3 is 10.6 Å². The zero-order chi connectivity index (χ0) is 21.6. The number of amides is 1. The second-order valence-electron chi connectivity index (χ2n) is 9.20. The lowest BCUT2D eigenvalue weighted by molar-refractivity contribution is -0.141. The molecule has 0 aromatic carbocycles. The van der Waals surface area contributed by atoms with Crippen LogP contribution < -0.4 is 10.6 Å². The summed E-state index contributed by atoms with van der Waals surface area (Å²) in [6.45, 7) is 7.62. The average molecular weight is 412 g/mol. The molecule has 0 spiro atoms. The number of nitrogens with two attached hydrogens (primary N) is 1. The van der Waals surface area contributed by atoms with Gasteiger partial charge >= 0.3 is 6.18 Å². The molecule has 29 heavy (non-hydrogen) atoms. The topological polar surface area (TPSA) is 62.5 Å². The zero-order valence-corrected chi connectivity index (χ0v) is 17.5. The number of halogens is 3. The molecule has 1 aromatic heterocycles. The van der Waals surface area contributed by atoms with Crippen molar-refractivity contribution >= 4 is 11.7 Å². The third-order valence-electron chi connectivity index (χ3n) is 6.91. The van der Waals surface area contributed by atoms with Gasteiger partial charge in [-0.15, -0.1) is 0 Å². The number of primary amides is 1. The van der Waals surface area contributed by atoms with Crippen molar-refractivity contribution < 1.29 is 18.0 Å². The summed E-state index contributed by atoms with van der Waals surface area (Å²) in [5.74, 6) is 1.00. The molecule has 2 fully saturated rings. The van der Waals surface area contributed by atoms with E-state index in [1.807, 2.05) is 11.9 Å². The number of hydrogen-bond donors (Lipinski definition) is 1. The van der Waals surface area contributed by atoms with Crippen molar-refractivity contribution in [3.63, 3.8) is 0 Å². The average Bonchev–Trinajstić information content (AvgIpc) is 3.19. The van der Waals surface area contributed by atoms with E-state index >= 15 is 0 Å². The molecule has 1 aliphatic carbocycles.